The normalized spacial score (nSPS) is 12.6. The molecule has 1 aromatic heterocycles. The Bertz CT molecular complexity index is 602. The van der Waals surface area contributed by atoms with Gasteiger partial charge in [0.25, 0.3) is 5.56 Å². The van der Waals surface area contributed by atoms with E-state index in [1.807, 2.05) is 12.1 Å². The van der Waals surface area contributed by atoms with Gasteiger partial charge < -0.3 is 5.73 Å². The fourth-order valence-electron chi connectivity index (χ4n) is 2.21. The van der Waals surface area contributed by atoms with Gasteiger partial charge >= 0.3 is 0 Å². The molecule has 2 N–H and O–H groups in total. The summed E-state index contributed by atoms with van der Waals surface area (Å²) in [5, 5.41) is 0. The first-order valence-corrected chi connectivity index (χ1v) is 6.91. The van der Waals surface area contributed by atoms with Crippen LogP contribution >= 0.6 is 0 Å². The van der Waals surface area contributed by atoms with Gasteiger partial charge in [-0.1, -0.05) is 38.1 Å². The van der Waals surface area contributed by atoms with Gasteiger partial charge in [-0.3, -0.25) is 9.36 Å². The van der Waals surface area contributed by atoms with E-state index in [9.17, 15) is 4.79 Å². The Hall–Kier alpha value is -1.94. The van der Waals surface area contributed by atoms with E-state index in [1.165, 1.54) is 28.7 Å². The first-order chi connectivity index (χ1) is 9.56. The van der Waals surface area contributed by atoms with E-state index in [-0.39, 0.29) is 11.6 Å². The average molecular weight is 271 g/mol. The third-order valence-corrected chi connectivity index (χ3v) is 3.24. The second-order valence-electron chi connectivity index (χ2n) is 5.52. The van der Waals surface area contributed by atoms with Gasteiger partial charge in [0.2, 0.25) is 0 Å². The number of nitrogens with zero attached hydrogens (tertiary/aromatic N) is 2. The van der Waals surface area contributed by atoms with E-state index in [0.717, 1.165) is 12.0 Å². The van der Waals surface area contributed by atoms with Gasteiger partial charge in [-0.2, -0.15) is 0 Å². The fourth-order valence-corrected chi connectivity index (χ4v) is 2.21. The van der Waals surface area contributed by atoms with E-state index >= 15 is 0 Å². The Morgan fingerprint density at radius 2 is 1.90 bits per heavy atom. The molecule has 1 atom stereocenters. The molecule has 0 spiro atoms. The Morgan fingerprint density at radius 3 is 2.50 bits per heavy atom. The largest absolute Gasteiger partial charge is 0.322 e. The molecule has 0 amide bonds. The molecule has 0 saturated heterocycles. The van der Waals surface area contributed by atoms with Crippen LogP contribution in [0.5, 0.6) is 0 Å². The molecular weight excluding hydrogens is 250 g/mol. The molecule has 4 heteroatoms. The molecule has 1 unspecified atom stereocenters. The minimum Gasteiger partial charge on any atom is -0.322 e. The molecule has 0 aliphatic heterocycles. The van der Waals surface area contributed by atoms with E-state index in [0.29, 0.717) is 12.5 Å². The number of nitrogens with two attached hydrogens (primary N) is 1. The number of rotatable bonds is 5. The van der Waals surface area contributed by atoms with E-state index in [1.54, 1.807) is 0 Å². The molecular formula is C16H21N3O. The maximum absolute atomic E-state index is 11.6. The van der Waals surface area contributed by atoms with Crippen molar-refractivity contribution in [2.75, 3.05) is 0 Å². The Balaban J connectivity index is 2.08. The Kier molecular flexibility index (Phi) is 4.69. The van der Waals surface area contributed by atoms with Crippen molar-refractivity contribution in [2.24, 2.45) is 11.7 Å². The zero-order valence-corrected chi connectivity index (χ0v) is 12.0. The van der Waals surface area contributed by atoms with Crippen LogP contribution in [-0.2, 0) is 13.0 Å². The molecule has 0 bridgehead atoms. The summed E-state index contributed by atoms with van der Waals surface area (Å²) in [7, 11) is 0. The summed E-state index contributed by atoms with van der Waals surface area (Å²) in [6.45, 7) is 4.85. The Morgan fingerprint density at radius 1 is 1.20 bits per heavy atom. The first-order valence-electron chi connectivity index (χ1n) is 6.91. The van der Waals surface area contributed by atoms with Gasteiger partial charge in [-0.25, -0.2) is 4.98 Å². The minimum atomic E-state index is -0.204. The lowest BCUT2D eigenvalue weighted by atomic mass is 9.99. The summed E-state index contributed by atoms with van der Waals surface area (Å²) >= 11 is 0. The summed E-state index contributed by atoms with van der Waals surface area (Å²) in [6, 6.07) is 9.55. The predicted molar refractivity (Wildman–Crippen MR) is 80.4 cm³/mol. The summed E-state index contributed by atoms with van der Waals surface area (Å²) in [4.78, 5) is 15.6. The third kappa shape index (κ3) is 3.78. The number of benzene rings is 1. The molecule has 0 fully saturated rings. The van der Waals surface area contributed by atoms with Crippen LogP contribution in [0.4, 0.5) is 0 Å². The van der Waals surface area contributed by atoms with Crippen molar-refractivity contribution in [2.45, 2.75) is 32.9 Å². The van der Waals surface area contributed by atoms with Crippen LogP contribution < -0.4 is 11.3 Å². The average Bonchev–Trinajstić information content (AvgIpc) is 2.41. The monoisotopic (exact) mass is 271 g/mol. The molecule has 20 heavy (non-hydrogen) atoms. The van der Waals surface area contributed by atoms with Crippen molar-refractivity contribution in [3.05, 3.63) is 64.3 Å². The highest BCUT2D eigenvalue weighted by Gasteiger charge is 2.08. The van der Waals surface area contributed by atoms with Crippen molar-refractivity contribution in [1.29, 1.82) is 0 Å². The van der Waals surface area contributed by atoms with Crippen LogP contribution in [0, 0.1) is 5.92 Å². The highest BCUT2D eigenvalue weighted by Crippen LogP contribution is 2.15. The van der Waals surface area contributed by atoms with Crippen molar-refractivity contribution in [1.82, 2.24) is 9.55 Å². The van der Waals surface area contributed by atoms with Crippen molar-refractivity contribution in [3.8, 4) is 0 Å². The summed E-state index contributed by atoms with van der Waals surface area (Å²) in [5.74, 6) is 0.642. The Labute approximate surface area is 119 Å². The van der Waals surface area contributed by atoms with Gasteiger partial charge in [0.05, 0.1) is 6.33 Å². The highest BCUT2D eigenvalue weighted by molar-refractivity contribution is 5.25. The summed E-state index contributed by atoms with van der Waals surface area (Å²) in [5.41, 5.74) is 8.43. The smallest absolute Gasteiger partial charge is 0.253 e. The lowest BCUT2D eigenvalue weighted by Gasteiger charge is -2.14. The zero-order chi connectivity index (χ0) is 14.5. The lowest BCUT2D eigenvalue weighted by molar-refractivity contribution is 0.553. The van der Waals surface area contributed by atoms with Crippen LogP contribution in [0.1, 0.15) is 31.0 Å². The molecule has 106 valence electrons. The molecule has 1 heterocycles. The molecule has 0 saturated carbocycles. The maximum atomic E-state index is 11.6. The van der Waals surface area contributed by atoms with Crippen molar-refractivity contribution in [3.63, 3.8) is 0 Å². The third-order valence-electron chi connectivity index (χ3n) is 3.24. The van der Waals surface area contributed by atoms with Gasteiger partial charge in [0.1, 0.15) is 0 Å². The fraction of sp³-hybridized carbons (Fsp3) is 0.375. The summed E-state index contributed by atoms with van der Waals surface area (Å²) < 4.78 is 1.53. The molecule has 1 aromatic carbocycles. The standard InChI is InChI=1S/C16H21N3O/c1-12(2)9-13-3-5-14(6-4-13)15(17)10-19-11-18-8-7-16(19)20/h3-8,11-12,15H,9-10,17H2,1-2H3. The van der Waals surface area contributed by atoms with Gasteiger partial charge in [0.15, 0.2) is 0 Å². The molecule has 0 aliphatic carbocycles. The zero-order valence-electron chi connectivity index (χ0n) is 12.0. The minimum absolute atomic E-state index is 0.0770. The lowest BCUT2D eigenvalue weighted by Crippen LogP contribution is -2.26. The van der Waals surface area contributed by atoms with Crippen LogP contribution in [0.15, 0.2) is 47.7 Å². The maximum Gasteiger partial charge on any atom is 0.253 e. The van der Waals surface area contributed by atoms with Gasteiger partial charge in [0, 0.05) is 24.8 Å². The summed E-state index contributed by atoms with van der Waals surface area (Å²) in [6.07, 6.45) is 4.08. The molecule has 2 rings (SSSR count). The predicted octanol–water partition coefficient (Wildman–Crippen LogP) is 2.14. The quantitative estimate of drug-likeness (QED) is 0.906. The molecule has 0 radical (unpaired) electrons. The van der Waals surface area contributed by atoms with Crippen LogP contribution in [0.2, 0.25) is 0 Å². The van der Waals surface area contributed by atoms with E-state index in [2.05, 4.69) is 31.0 Å². The van der Waals surface area contributed by atoms with E-state index in [4.69, 9.17) is 5.73 Å². The molecule has 0 aliphatic rings. The highest BCUT2D eigenvalue weighted by atomic mass is 16.1. The second kappa shape index (κ2) is 6.48. The van der Waals surface area contributed by atoms with Crippen molar-refractivity contribution < 1.29 is 0 Å². The molecule has 2 aromatic rings. The van der Waals surface area contributed by atoms with Crippen LogP contribution in [0.25, 0.3) is 0 Å². The first kappa shape index (κ1) is 14.5. The number of hydrogen-bond donors (Lipinski definition) is 1. The molecule has 4 nitrogen and oxygen atoms in total. The second-order valence-corrected chi connectivity index (χ2v) is 5.52. The van der Waals surface area contributed by atoms with Crippen LogP contribution in [0.3, 0.4) is 0 Å². The number of aromatic nitrogens is 2. The van der Waals surface area contributed by atoms with Gasteiger partial charge in [-0.15, -0.1) is 0 Å². The topological polar surface area (TPSA) is 60.9 Å². The van der Waals surface area contributed by atoms with Gasteiger partial charge in [-0.05, 0) is 23.5 Å². The van der Waals surface area contributed by atoms with Crippen LogP contribution in [-0.4, -0.2) is 9.55 Å². The van der Waals surface area contributed by atoms with E-state index < -0.39 is 0 Å². The van der Waals surface area contributed by atoms with Crippen molar-refractivity contribution >= 4 is 0 Å². The number of hydrogen-bond acceptors (Lipinski definition) is 3. The SMILES string of the molecule is CC(C)Cc1ccc(C(N)Cn2cnccc2=O)cc1.